The Hall–Kier alpha value is -2.10. The zero-order chi connectivity index (χ0) is 9.97. The van der Waals surface area contributed by atoms with E-state index in [9.17, 15) is 9.59 Å². The highest BCUT2D eigenvalue weighted by Gasteiger charge is 2.07. The first kappa shape index (κ1) is 8.50. The molecule has 0 bridgehead atoms. The van der Waals surface area contributed by atoms with E-state index < -0.39 is 5.97 Å². The maximum absolute atomic E-state index is 10.7. The van der Waals surface area contributed by atoms with Crippen molar-refractivity contribution in [3.8, 4) is 5.75 Å². The molecule has 0 radical (unpaired) electrons. The molecule has 0 aliphatic carbocycles. The number of fused-ring (bicyclic) bond motifs is 1. The van der Waals surface area contributed by atoms with E-state index in [0.717, 1.165) is 10.9 Å². The number of carbonyl (C=O) groups is 2. The van der Waals surface area contributed by atoms with Crippen LogP contribution in [-0.2, 0) is 9.59 Å². The van der Waals surface area contributed by atoms with Crippen molar-refractivity contribution in [2.45, 2.75) is 0 Å². The lowest BCUT2D eigenvalue weighted by Gasteiger charge is -1.96. The minimum Gasteiger partial charge on any atom is -0.419 e. The standard InChI is InChI=1S/C10H7NO3/c12-6-10(13)14-9-5-11-8-4-2-1-3-7(8)9/h1-6,11H. The van der Waals surface area contributed by atoms with Crippen LogP contribution >= 0.6 is 0 Å². The fraction of sp³-hybridized carbons (Fsp3) is 0. The van der Waals surface area contributed by atoms with E-state index in [1.165, 1.54) is 0 Å². The first-order valence-corrected chi connectivity index (χ1v) is 4.04. The summed E-state index contributed by atoms with van der Waals surface area (Å²) in [5.74, 6) is -0.521. The van der Waals surface area contributed by atoms with Crippen LogP contribution in [-0.4, -0.2) is 17.2 Å². The highest BCUT2D eigenvalue weighted by atomic mass is 16.5. The van der Waals surface area contributed by atoms with Crippen molar-refractivity contribution in [1.29, 1.82) is 0 Å². The summed E-state index contributed by atoms with van der Waals surface area (Å²) in [5, 5.41) is 0.780. The molecular formula is C10H7NO3. The van der Waals surface area contributed by atoms with Gasteiger partial charge >= 0.3 is 5.97 Å². The Kier molecular flexibility index (Phi) is 2.02. The lowest BCUT2D eigenvalue weighted by Crippen LogP contribution is -2.07. The van der Waals surface area contributed by atoms with Crippen LogP contribution in [0.3, 0.4) is 0 Å². The summed E-state index contributed by atoms with van der Waals surface area (Å²) < 4.78 is 4.78. The van der Waals surface area contributed by atoms with Crippen LogP contribution in [0.4, 0.5) is 0 Å². The Morgan fingerprint density at radius 2 is 2.14 bits per heavy atom. The van der Waals surface area contributed by atoms with Gasteiger partial charge in [-0.2, -0.15) is 0 Å². The molecule has 4 nitrogen and oxygen atoms in total. The van der Waals surface area contributed by atoms with Gasteiger partial charge in [-0.15, -0.1) is 0 Å². The van der Waals surface area contributed by atoms with Gasteiger partial charge in [-0.05, 0) is 12.1 Å². The molecule has 0 fully saturated rings. The highest BCUT2D eigenvalue weighted by molar-refractivity contribution is 6.21. The van der Waals surface area contributed by atoms with Gasteiger partial charge in [-0.25, -0.2) is 4.79 Å². The number of hydrogen-bond donors (Lipinski definition) is 1. The number of aldehydes is 1. The second-order valence-corrected chi connectivity index (χ2v) is 2.74. The van der Waals surface area contributed by atoms with E-state index in [4.69, 9.17) is 4.74 Å². The minimum absolute atomic E-state index is 0.141. The quantitative estimate of drug-likeness (QED) is 0.439. The van der Waals surface area contributed by atoms with Crippen LogP contribution in [0, 0.1) is 0 Å². The van der Waals surface area contributed by atoms with Crippen molar-refractivity contribution in [3.63, 3.8) is 0 Å². The second-order valence-electron chi connectivity index (χ2n) is 2.74. The minimum atomic E-state index is -0.894. The Balaban J connectivity index is 2.43. The molecule has 2 aromatic rings. The molecular weight excluding hydrogens is 182 g/mol. The number of benzene rings is 1. The third-order valence-electron chi connectivity index (χ3n) is 1.86. The number of aromatic amines is 1. The summed E-state index contributed by atoms with van der Waals surface area (Å²) in [6.45, 7) is 0. The van der Waals surface area contributed by atoms with Crippen LogP contribution in [0.2, 0.25) is 0 Å². The van der Waals surface area contributed by atoms with Crippen molar-refractivity contribution in [1.82, 2.24) is 4.98 Å². The molecule has 4 heteroatoms. The normalized spacial score (nSPS) is 10.0. The zero-order valence-corrected chi connectivity index (χ0v) is 7.19. The third kappa shape index (κ3) is 1.37. The second kappa shape index (κ2) is 3.33. The average Bonchev–Trinajstić information content (AvgIpc) is 2.62. The fourth-order valence-corrected chi connectivity index (χ4v) is 1.26. The number of nitrogens with one attached hydrogen (secondary N) is 1. The maximum Gasteiger partial charge on any atom is 0.376 e. The Bertz CT molecular complexity index is 487. The molecule has 1 aromatic heterocycles. The highest BCUT2D eigenvalue weighted by Crippen LogP contribution is 2.24. The molecule has 0 aliphatic rings. The molecule has 0 aliphatic heterocycles. The number of aromatic nitrogens is 1. The number of para-hydroxylation sites is 1. The largest absolute Gasteiger partial charge is 0.419 e. The molecule has 1 aromatic carbocycles. The number of H-pyrrole nitrogens is 1. The van der Waals surface area contributed by atoms with Gasteiger partial charge in [0.15, 0.2) is 5.75 Å². The first-order valence-electron chi connectivity index (χ1n) is 4.04. The summed E-state index contributed by atoms with van der Waals surface area (Å²) >= 11 is 0. The molecule has 0 atom stereocenters. The number of ether oxygens (including phenoxy) is 1. The van der Waals surface area contributed by atoms with E-state index >= 15 is 0 Å². The summed E-state index contributed by atoms with van der Waals surface area (Å²) in [6.07, 6.45) is 1.69. The van der Waals surface area contributed by atoms with Crippen LogP contribution < -0.4 is 4.74 Å². The van der Waals surface area contributed by atoms with Crippen LogP contribution in [0.5, 0.6) is 5.75 Å². The Labute approximate surface area is 79.5 Å². The number of esters is 1. The molecule has 14 heavy (non-hydrogen) atoms. The maximum atomic E-state index is 10.7. The molecule has 2 rings (SSSR count). The molecule has 0 spiro atoms. The molecule has 0 saturated carbocycles. The Morgan fingerprint density at radius 3 is 2.93 bits per heavy atom. The van der Waals surface area contributed by atoms with Gasteiger partial charge in [0, 0.05) is 17.1 Å². The summed E-state index contributed by atoms with van der Waals surface area (Å²) in [6, 6.07) is 7.35. The van der Waals surface area contributed by atoms with E-state index in [1.807, 2.05) is 18.2 Å². The van der Waals surface area contributed by atoms with Gasteiger partial charge in [0.1, 0.15) is 0 Å². The molecule has 70 valence electrons. The summed E-state index contributed by atoms with van der Waals surface area (Å²) in [5.41, 5.74) is 0.862. The van der Waals surface area contributed by atoms with Gasteiger partial charge in [0.2, 0.25) is 6.29 Å². The van der Waals surface area contributed by atoms with Crippen LogP contribution in [0.1, 0.15) is 0 Å². The van der Waals surface area contributed by atoms with Gasteiger partial charge in [-0.3, -0.25) is 4.79 Å². The zero-order valence-electron chi connectivity index (χ0n) is 7.19. The van der Waals surface area contributed by atoms with E-state index in [2.05, 4.69) is 4.98 Å². The molecule has 0 amide bonds. The monoisotopic (exact) mass is 189 g/mol. The fourth-order valence-electron chi connectivity index (χ4n) is 1.26. The SMILES string of the molecule is O=CC(=O)Oc1c[nH]c2ccccc12. The predicted molar refractivity (Wildman–Crippen MR) is 50.0 cm³/mol. The van der Waals surface area contributed by atoms with Crippen LogP contribution in [0.15, 0.2) is 30.5 Å². The predicted octanol–water partition coefficient (Wildman–Crippen LogP) is 1.27. The van der Waals surface area contributed by atoms with Crippen molar-refractivity contribution in [2.24, 2.45) is 0 Å². The topological polar surface area (TPSA) is 59.2 Å². The summed E-state index contributed by atoms with van der Waals surface area (Å²) in [4.78, 5) is 23.7. The first-order chi connectivity index (χ1) is 6.81. The van der Waals surface area contributed by atoms with Crippen molar-refractivity contribution < 1.29 is 14.3 Å². The number of rotatable bonds is 2. The lowest BCUT2D eigenvalue weighted by atomic mass is 10.2. The van der Waals surface area contributed by atoms with E-state index in [-0.39, 0.29) is 6.29 Å². The van der Waals surface area contributed by atoms with Gasteiger partial charge < -0.3 is 9.72 Å². The molecule has 1 N–H and O–H groups in total. The summed E-state index contributed by atoms with van der Waals surface area (Å²) in [7, 11) is 0. The molecule has 0 unspecified atom stereocenters. The van der Waals surface area contributed by atoms with Gasteiger partial charge in [-0.1, -0.05) is 12.1 Å². The number of hydrogen-bond acceptors (Lipinski definition) is 3. The van der Waals surface area contributed by atoms with Crippen LogP contribution in [0.25, 0.3) is 10.9 Å². The Morgan fingerprint density at radius 1 is 1.36 bits per heavy atom. The van der Waals surface area contributed by atoms with Gasteiger partial charge in [0.25, 0.3) is 0 Å². The lowest BCUT2D eigenvalue weighted by molar-refractivity contribution is -0.141. The van der Waals surface area contributed by atoms with Gasteiger partial charge in [0.05, 0.1) is 0 Å². The average molecular weight is 189 g/mol. The van der Waals surface area contributed by atoms with E-state index in [0.29, 0.717) is 5.75 Å². The van der Waals surface area contributed by atoms with Crippen molar-refractivity contribution in [3.05, 3.63) is 30.5 Å². The number of carbonyl (C=O) groups excluding carboxylic acids is 2. The third-order valence-corrected chi connectivity index (χ3v) is 1.86. The van der Waals surface area contributed by atoms with Crippen molar-refractivity contribution in [2.75, 3.05) is 0 Å². The molecule has 1 heterocycles. The van der Waals surface area contributed by atoms with Crippen molar-refractivity contribution >= 4 is 23.2 Å². The molecule has 0 saturated heterocycles. The smallest absolute Gasteiger partial charge is 0.376 e. The van der Waals surface area contributed by atoms with E-state index in [1.54, 1.807) is 12.3 Å².